The number of hydrogen-bond donors (Lipinski definition) is 2. The van der Waals surface area contributed by atoms with E-state index in [-0.39, 0.29) is 12.5 Å². The Morgan fingerprint density at radius 3 is 2.76 bits per heavy atom. The molecule has 0 saturated carbocycles. The second-order valence-corrected chi connectivity index (χ2v) is 7.61. The molecule has 2 N–H and O–H groups in total. The van der Waals surface area contributed by atoms with Crippen molar-refractivity contribution in [1.82, 2.24) is 30.1 Å². The Balaban J connectivity index is 1.35. The lowest BCUT2D eigenvalue weighted by molar-refractivity contribution is 0.0303. The van der Waals surface area contributed by atoms with Gasteiger partial charge in [-0.3, -0.25) is 9.89 Å². The molecule has 4 aromatic rings. The number of morpholine rings is 1. The van der Waals surface area contributed by atoms with Crippen LogP contribution in [0.25, 0.3) is 28.0 Å². The van der Waals surface area contributed by atoms with Crippen LogP contribution in [0.4, 0.5) is 0 Å². The van der Waals surface area contributed by atoms with E-state index in [4.69, 9.17) is 9.84 Å². The van der Waals surface area contributed by atoms with Crippen LogP contribution in [0.5, 0.6) is 0 Å². The lowest BCUT2D eigenvalue weighted by Gasteiger charge is -2.26. The minimum Gasteiger partial charge on any atom is -0.395 e. The van der Waals surface area contributed by atoms with Crippen molar-refractivity contribution in [3.63, 3.8) is 0 Å². The number of aliphatic hydroxyl groups excluding tert-OH is 1. The summed E-state index contributed by atoms with van der Waals surface area (Å²) in [7, 11) is 0. The molecule has 3 heterocycles. The van der Waals surface area contributed by atoms with Crippen molar-refractivity contribution in [2.45, 2.75) is 6.42 Å². The maximum atomic E-state index is 12.6. The first-order chi connectivity index (χ1) is 16.2. The van der Waals surface area contributed by atoms with Crippen molar-refractivity contribution in [2.75, 3.05) is 32.9 Å². The highest BCUT2D eigenvalue weighted by molar-refractivity contribution is 5.94. The van der Waals surface area contributed by atoms with Crippen LogP contribution in [0.15, 0.2) is 48.7 Å². The fourth-order valence-electron chi connectivity index (χ4n) is 3.72. The maximum absolute atomic E-state index is 12.6. The second-order valence-electron chi connectivity index (χ2n) is 7.61. The van der Waals surface area contributed by atoms with Gasteiger partial charge in [0, 0.05) is 36.0 Å². The van der Waals surface area contributed by atoms with Gasteiger partial charge in [-0.1, -0.05) is 17.1 Å². The summed E-state index contributed by atoms with van der Waals surface area (Å²) in [6, 6.07) is 13.1. The highest BCUT2D eigenvalue weighted by atomic mass is 16.5. The Morgan fingerprint density at radius 1 is 1.15 bits per heavy atom. The quantitative estimate of drug-likeness (QED) is 0.468. The summed E-state index contributed by atoms with van der Waals surface area (Å²) in [4.78, 5) is 14.4. The third kappa shape index (κ3) is 4.35. The van der Waals surface area contributed by atoms with E-state index in [1.165, 1.54) is 0 Å². The molecule has 0 radical (unpaired) electrons. The van der Waals surface area contributed by atoms with Crippen LogP contribution in [0, 0.1) is 11.8 Å². The zero-order valence-corrected chi connectivity index (χ0v) is 17.9. The van der Waals surface area contributed by atoms with E-state index in [0.29, 0.717) is 49.7 Å². The van der Waals surface area contributed by atoms with Gasteiger partial charge >= 0.3 is 0 Å². The molecular formula is C24H22N6O3. The van der Waals surface area contributed by atoms with Crippen LogP contribution >= 0.6 is 0 Å². The van der Waals surface area contributed by atoms with Gasteiger partial charge in [0.15, 0.2) is 0 Å². The smallest absolute Gasteiger partial charge is 0.254 e. The van der Waals surface area contributed by atoms with Gasteiger partial charge in [-0.2, -0.15) is 5.10 Å². The first-order valence-corrected chi connectivity index (χ1v) is 10.7. The number of rotatable bonds is 4. The molecule has 2 aromatic carbocycles. The van der Waals surface area contributed by atoms with E-state index in [0.717, 1.165) is 22.2 Å². The minimum absolute atomic E-state index is 0.00698. The molecule has 1 saturated heterocycles. The summed E-state index contributed by atoms with van der Waals surface area (Å²) in [6.45, 7) is 2.42. The van der Waals surface area contributed by atoms with Gasteiger partial charge in [-0.25, -0.2) is 4.68 Å². The van der Waals surface area contributed by atoms with E-state index in [9.17, 15) is 4.79 Å². The third-order valence-corrected chi connectivity index (χ3v) is 5.45. The van der Waals surface area contributed by atoms with Gasteiger partial charge in [-0.05, 0) is 42.5 Å². The zero-order chi connectivity index (χ0) is 22.6. The van der Waals surface area contributed by atoms with Crippen molar-refractivity contribution in [2.24, 2.45) is 0 Å². The number of nitrogens with one attached hydrogen (secondary N) is 1. The van der Waals surface area contributed by atoms with Crippen molar-refractivity contribution in [3.8, 4) is 28.9 Å². The highest BCUT2D eigenvalue weighted by Gasteiger charge is 2.19. The number of hydrogen-bond acceptors (Lipinski definition) is 6. The van der Waals surface area contributed by atoms with Crippen molar-refractivity contribution >= 4 is 16.8 Å². The number of aliphatic hydroxyl groups is 1. The van der Waals surface area contributed by atoms with Crippen LogP contribution in [-0.4, -0.2) is 74.0 Å². The van der Waals surface area contributed by atoms with Crippen LogP contribution in [0.3, 0.4) is 0 Å². The van der Waals surface area contributed by atoms with Crippen LogP contribution < -0.4 is 0 Å². The molecule has 9 nitrogen and oxygen atoms in total. The van der Waals surface area contributed by atoms with Gasteiger partial charge in [0.1, 0.15) is 11.4 Å². The molecule has 5 rings (SSSR count). The molecular weight excluding hydrogens is 420 g/mol. The van der Waals surface area contributed by atoms with E-state index < -0.39 is 0 Å². The summed E-state index contributed by atoms with van der Waals surface area (Å²) in [5.41, 5.74) is 4.47. The van der Waals surface area contributed by atoms with Gasteiger partial charge in [0.25, 0.3) is 5.91 Å². The number of carbonyl (C=O) groups is 1. The van der Waals surface area contributed by atoms with Gasteiger partial charge in [0.05, 0.1) is 37.2 Å². The number of ether oxygens (including phenoxy) is 1. The Labute approximate surface area is 190 Å². The molecule has 0 aliphatic carbocycles. The van der Waals surface area contributed by atoms with Gasteiger partial charge in [0.2, 0.25) is 0 Å². The predicted octanol–water partition coefficient (Wildman–Crippen LogP) is 2.02. The summed E-state index contributed by atoms with van der Waals surface area (Å²) in [5.74, 6) is 5.95. The molecule has 1 aliphatic heterocycles. The predicted molar refractivity (Wildman–Crippen MR) is 122 cm³/mol. The highest BCUT2D eigenvalue weighted by Crippen LogP contribution is 2.26. The Hall–Kier alpha value is -4.00. The molecule has 0 spiro atoms. The molecule has 1 fully saturated rings. The Kier molecular flexibility index (Phi) is 5.85. The molecule has 166 valence electrons. The number of nitrogens with zero attached hydrogens (tertiary/aromatic N) is 5. The lowest BCUT2D eigenvalue weighted by atomic mass is 10.1. The summed E-state index contributed by atoms with van der Waals surface area (Å²) < 4.78 is 6.97. The third-order valence-electron chi connectivity index (χ3n) is 5.45. The lowest BCUT2D eigenvalue weighted by Crippen LogP contribution is -2.40. The van der Waals surface area contributed by atoms with Gasteiger partial charge < -0.3 is 14.7 Å². The number of benzene rings is 2. The molecule has 1 amide bonds. The Bertz CT molecular complexity index is 1340. The average Bonchev–Trinajstić information content (AvgIpc) is 3.51. The van der Waals surface area contributed by atoms with E-state index >= 15 is 0 Å². The molecule has 1 aliphatic rings. The fraction of sp³-hybridized carbons (Fsp3) is 0.250. The summed E-state index contributed by atoms with van der Waals surface area (Å²) in [5, 5.41) is 25.7. The summed E-state index contributed by atoms with van der Waals surface area (Å²) in [6.07, 6.45) is 2.25. The molecule has 0 atom stereocenters. The molecule has 0 unspecified atom stereocenters. The first kappa shape index (κ1) is 20.9. The van der Waals surface area contributed by atoms with E-state index in [1.54, 1.807) is 21.7 Å². The van der Waals surface area contributed by atoms with Crippen LogP contribution in [0.1, 0.15) is 22.3 Å². The normalized spacial score (nSPS) is 13.7. The van der Waals surface area contributed by atoms with Crippen LogP contribution in [0.2, 0.25) is 0 Å². The number of aromatic amines is 1. The number of fused-ring (bicyclic) bond motifs is 1. The van der Waals surface area contributed by atoms with Crippen LogP contribution in [-0.2, 0) is 4.74 Å². The second kappa shape index (κ2) is 9.24. The van der Waals surface area contributed by atoms with Crippen molar-refractivity contribution < 1.29 is 14.6 Å². The monoisotopic (exact) mass is 442 g/mol. The molecule has 9 heteroatoms. The first-order valence-electron chi connectivity index (χ1n) is 10.7. The maximum Gasteiger partial charge on any atom is 0.254 e. The van der Waals surface area contributed by atoms with Gasteiger partial charge in [-0.15, -0.1) is 5.10 Å². The average molecular weight is 442 g/mol. The van der Waals surface area contributed by atoms with Crippen molar-refractivity contribution in [3.05, 3.63) is 59.8 Å². The van der Waals surface area contributed by atoms with E-state index in [2.05, 4.69) is 32.4 Å². The number of carbonyl (C=O) groups excluding carboxylic acids is 1. The summed E-state index contributed by atoms with van der Waals surface area (Å²) >= 11 is 0. The minimum atomic E-state index is 0.00698. The topological polar surface area (TPSA) is 109 Å². The van der Waals surface area contributed by atoms with Crippen molar-refractivity contribution in [1.29, 1.82) is 0 Å². The SMILES string of the molecule is O=C(c1ccc(-n2cc(-c3n[nH]c4cc(C#CCCO)ccc34)nn2)cc1)N1CCOCC1. The zero-order valence-electron chi connectivity index (χ0n) is 17.9. The standard InChI is InChI=1S/C24H22N6O3/c31-12-2-1-3-17-4-9-20-21(15-17)25-27-23(20)22-16-30(28-26-22)19-7-5-18(6-8-19)24(32)29-10-13-33-14-11-29/h4-9,15-16,31H,2,10-14H2,(H,25,27). The fourth-order valence-corrected chi connectivity index (χ4v) is 3.72. The van der Waals surface area contributed by atoms with E-state index in [1.807, 2.05) is 36.5 Å². The largest absolute Gasteiger partial charge is 0.395 e. The Morgan fingerprint density at radius 2 is 1.97 bits per heavy atom. The number of aromatic nitrogens is 5. The molecule has 2 aromatic heterocycles. The number of H-pyrrole nitrogens is 1. The molecule has 0 bridgehead atoms. The molecule has 33 heavy (non-hydrogen) atoms. The number of amides is 1.